The molecule has 0 amide bonds. The number of aryl methyl sites for hydroxylation is 2. The molecule has 3 rings (SSSR count). The van der Waals surface area contributed by atoms with Crippen molar-refractivity contribution in [1.82, 2.24) is 19.7 Å². The number of rotatable bonds is 3. The molecule has 22 heavy (non-hydrogen) atoms. The van der Waals surface area contributed by atoms with Crippen LogP contribution in [0, 0.1) is 13.8 Å². The maximum Gasteiger partial charge on any atom is 0.322 e. The number of halogens is 1. The smallest absolute Gasteiger partial charge is 0.322 e. The molecule has 1 unspecified atom stereocenters. The second-order valence-corrected chi connectivity index (χ2v) is 6.47. The summed E-state index contributed by atoms with van der Waals surface area (Å²) in [6.45, 7) is 5.32. The molecule has 1 atom stereocenters. The van der Waals surface area contributed by atoms with Crippen LogP contribution >= 0.6 is 15.9 Å². The molecule has 116 valence electrons. The Balaban J connectivity index is 1.87. The third-order valence-electron chi connectivity index (χ3n) is 4.06. The monoisotopic (exact) mass is 364 g/mol. The van der Waals surface area contributed by atoms with E-state index in [1.54, 1.807) is 0 Å². The van der Waals surface area contributed by atoms with Crippen LogP contribution in [0.15, 0.2) is 22.7 Å². The molecule has 1 aliphatic heterocycles. The second kappa shape index (κ2) is 5.81. The highest BCUT2D eigenvalue weighted by molar-refractivity contribution is 9.10. The van der Waals surface area contributed by atoms with Gasteiger partial charge in [0.2, 0.25) is 0 Å². The summed E-state index contributed by atoms with van der Waals surface area (Å²) in [4.78, 5) is 13.5. The Labute approximate surface area is 136 Å². The number of nitrogens with zero attached hydrogens (tertiary/aromatic N) is 4. The van der Waals surface area contributed by atoms with Crippen LogP contribution in [0.2, 0.25) is 0 Å². The minimum absolute atomic E-state index is 0.385. The molecule has 0 bridgehead atoms. The lowest BCUT2D eigenvalue weighted by Gasteiger charge is -2.33. The van der Waals surface area contributed by atoms with Crippen LogP contribution in [-0.2, 0) is 24.4 Å². The van der Waals surface area contributed by atoms with Gasteiger partial charge < -0.3 is 9.67 Å². The normalized spacial score (nSPS) is 18.2. The highest BCUT2D eigenvalue weighted by Crippen LogP contribution is 2.23. The summed E-state index contributed by atoms with van der Waals surface area (Å²) in [5.74, 6) is 0.769. The summed E-state index contributed by atoms with van der Waals surface area (Å²) < 4.78 is 2.92. The number of hydrogen-bond acceptors (Lipinski definition) is 4. The summed E-state index contributed by atoms with van der Waals surface area (Å²) in [5.41, 5.74) is 2.24. The average Bonchev–Trinajstić information content (AvgIpc) is 2.83. The van der Waals surface area contributed by atoms with Crippen molar-refractivity contribution in [3.63, 3.8) is 0 Å². The molecule has 0 fully saturated rings. The van der Waals surface area contributed by atoms with Crippen LogP contribution in [-0.4, -0.2) is 36.8 Å². The lowest BCUT2D eigenvalue weighted by molar-refractivity contribution is -0.145. The van der Waals surface area contributed by atoms with Crippen molar-refractivity contribution in [2.24, 2.45) is 0 Å². The molecular formula is C15H17BrN4O2. The Kier molecular flexibility index (Phi) is 4.01. The van der Waals surface area contributed by atoms with Crippen LogP contribution in [0.25, 0.3) is 0 Å². The van der Waals surface area contributed by atoms with Crippen molar-refractivity contribution >= 4 is 21.9 Å². The van der Waals surface area contributed by atoms with Crippen molar-refractivity contribution in [3.05, 3.63) is 45.4 Å². The largest absolute Gasteiger partial charge is 0.480 e. The number of carboxylic acids is 1. The van der Waals surface area contributed by atoms with Gasteiger partial charge in [-0.1, -0.05) is 28.1 Å². The highest BCUT2D eigenvalue weighted by atomic mass is 79.9. The Hall–Kier alpha value is -1.73. The van der Waals surface area contributed by atoms with E-state index in [4.69, 9.17) is 0 Å². The summed E-state index contributed by atoms with van der Waals surface area (Å²) in [5, 5.41) is 17.7. The minimum Gasteiger partial charge on any atom is -0.480 e. The molecule has 0 aliphatic carbocycles. The molecule has 1 N–H and O–H groups in total. The first-order valence-electron chi connectivity index (χ1n) is 7.06. The van der Waals surface area contributed by atoms with Crippen LogP contribution in [0.3, 0.4) is 0 Å². The van der Waals surface area contributed by atoms with E-state index >= 15 is 0 Å². The molecular weight excluding hydrogens is 348 g/mol. The van der Waals surface area contributed by atoms with E-state index in [0.29, 0.717) is 19.6 Å². The number of carbonyl (C=O) groups is 1. The van der Waals surface area contributed by atoms with Crippen LogP contribution < -0.4 is 0 Å². The number of aliphatic carboxylic acids is 1. The van der Waals surface area contributed by atoms with Gasteiger partial charge in [0.25, 0.3) is 0 Å². The standard InChI is InChI=1S/C15H17BrN4O2/c1-9-3-4-11(5-12(9)16)6-19-8-14-18-17-10(2)20(14)7-13(19)15(21)22/h3-5,13H,6-8H2,1-2H3,(H,21,22). The topological polar surface area (TPSA) is 71.2 Å². The maximum absolute atomic E-state index is 11.6. The number of hydrogen-bond donors (Lipinski definition) is 1. The van der Waals surface area contributed by atoms with E-state index in [0.717, 1.165) is 27.2 Å². The predicted octanol–water partition coefficient (Wildman–Crippen LogP) is 2.13. The van der Waals surface area contributed by atoms with Gasteiger partial charge in [0.1, 0.15) is 17.7 Å². The number of fused-ring (bicyclic) bond motifs is 1. The summed E-state index contributed by atoms with van der Waals surface area (Å²) in [6, 6.07) is 5.54. The third-order valence-corrected chi connectivity index (χ3v) is 4.91. The van der Waals surface area contributed by atoms with Gasteiger partial charge in [-0.25, -0.2) is 0 Å². The Morgan fingerprint density at radius 1 is 1.41 bits per heavy atom. The van der Waals surface area contributed by atoms with Crippen molar-refractivity contribution in [1.29, 1.82) is 0 Å². The summed E-state index contributed by atoms with van der Waals surface area (Å²) >= 11 is 3.52. The van der Waals surface area contributed by atoms with E-state index in [1.807, 2.05) is 41.5 Å². The van der Waals surface area contributed by atoms with Crippen LogP contribution in [0.1, 0.15) is 22.8 Å². The van der Waals surface area contributed by atoms with E-state index in [2.05, 4.69) is 26.1 Å². The molecule has 0 radical (unpaired) electrons. The van der Waals surface area contributed by atoms with Crippen molar-refractivity contribution < 1.29 is 9.90 Å². The zero-order valence-corrected chi connectivity index (χ0v) is 14.0. The first-order chi connectivity index (χ1) is 10.5. The van der Waals surface area contributed by atoms with E-state index in [9.17, 15) is 9.90 Å². The molecule has 1 aromatic heterocycles. The van der Waals surface area contributed by atoms with Crippen molar-refractivity contribution in [2.45, 2.75) is 39.5 Å². The number of carboxylic acid groups (broad SMARTS) is 1. The SMILES string of the molecule is Cc1ccc(CN2Cc3nnc(C)n3CC2C(=O)O)cc1Br. The molecule has 6 nitrogen and oxygen atoms in total. The third kappa shape index (κ3) is 2.78. The van der Waals surface area contributed by atoms with Gasteiger partial charge in [-0.05, 0) is 31.0 Å². The van der Waals surface area contributed by atoms with Crippen LogP contribution in [0.5, 0.6) is 0 Å². The zero-order chi connectivity index (χ0) is 15.9. The molecule has 0 saturated carbocycles. The lowest BCUT2D eigenvalue weighted by Crippen LogP contribution is -2.47. The summed E-state index contributed by atoms with van der Waals surface area (Å²) in [6.07, 6.45) is 0. The predicted molar refractivity (Wildman–Crippen MR) is 84.3 cm³/mol. The highest BCUT2D eigenvalue weighted by Gasteiger charge is 2.33. The zero-order valence-electron chi connectivity index (χ0n) is 12.5. The minimum atomic E-state index is -0.815. The van der Waals surface area contributed by atoms with Gasteiger partial charge >= 0.3 is 5.97 Å². The Morgan fingerprint density at radius 3 is 2.86 bits per heavy atom. The molecule has 0 spiro atoms. The van der Waals surface area contributed by atoms with Gasteiger partial charge in [0.05, 0.1) is 13.1 Å². The van der Waals surface area contributed by atoms with E-state index in [-0.39, 0.29) is 0 Å². The van der Waals surface area contributed by atoms with Gasteiger partial charge in [-0.2, -0.15) is 0 Å². The fourth-order valence-corrected chi connectivity index (χ4v) is 3.16. The molecule has 1 aromatic carbocycles. The van der Waals surface area contributed by atoms with Crippen molar-refractivity contribution in [3.8, 4) is 0 Å². The molecule has 2 heterocycles. The number of benzene rings is 1. The second-order valence-electron chi connectivity index (χ2n) is 5.62. The Morgan fingerprint density at radius 2 is 2.18 bits per heavy atom. The molecule has 1 aliphatic rings. The molecule has 2 aromatic rings. The Bertz CT molecular complexity index is 728. The van der Waals surface area contributed by atoms with Gasteiger partial charge in [0.15, 0.2) is 0 Å². The maximum atomic E-state index is 11.6. The van der Waals surface area contributed by atoms with Gasteiger partial charge in [0, 0.05) is 11.0 Å². The lowest BCUT2D eigenvalue weighted by atomic mass is 10.1. The van der Waals surface area contributed by atoms with Gasteiger partial charge in [-0.15, -0.1) is 10.2 Å². The number of aromatic nitrogens is 3. The quantitative estimate of drug-likeness (QED) is 0.902. The average molecular weight is 365 g/mol. The molecule has 0 saturated heterocycles. The van der Waals surface area contributed by atoms with Gasteiger partial charge in [-0.3, -0.25) is 9.69 Å². The van der Waals surface area contributed by atoms with E-state index in [1.165, 1.54) is 0 Å². The first-order valence-corrected chi connectivity index (χ1v) is 7.85. The van der Waals surface area contributed by atoms with E-state index < -0.39 is 12.0 Å². The molecule has 7 heteroatoms. The van der Waals surface area contributed by atoms with Crippen molar-refractivity contribution in [2.75, 3.05) is 0 Å². The summed E-state index contributed by atoms with van der Waals surface area (Å²) in [7, 11) is 0. The van der Waals surface area contributed by atoms with Crippen LogP contribution in [0.4, 0.5) is 0 Å². The fourth-order valence-electron chi connectivity index (χ4n) is 2.73. The first kappa shape index (κ1) is 15.2. The fraction of sp³-hybridized carbons (Fsp3) is 0.400.